The van der Waals surface area contributed by atoms with Crippen molar-refractivity contribution in [3.63, 3.8) is 0 Å². The van der Waals surface area contributed by atoms with Crippen LogP contribution in [-0.4, -0.2) is 49.7 Å². The van der Waals surface area contributed by atoms with Gasteiger partial charge in [0.25, 0.3) is 0 Å². The first kappa shape index (κ1) is 24.2. The highest BCUT2D eigenvalue weighted by atomic mass is 35.5. The molecule has 8 heteroatoms. The number of sulfonamides is 1. The van der Waals surface area contributed by atoms with Crippen molar-refractivity contribution < 1.29 is 13.2 Å². The number of likely N-dealkylation sites (tertiary alicyclic amines) is 1. The predicted molar refractivity (Wildman–Crippen MR) is 130 cm³/mol. The number of hydrogen-bond donors (Lipinski definition) is 1. The van der Waals surface area contributed by atoms with E-state index >= 15 is 0 Å². The summed E-state index contributed by atoms with van der Waals surface area (Å²) < 4.78 is 27.2. The Balaban J connectivity index is 1.30. The number of benzene rings is 2. The Bertz CT molecular complexity index is 1040. The lowest BCUT2D eigenvalue weighted by Crippen LogP contribution is -2.42. The summed E-state index contributed by atoms with van der Waals surface area (Å²) in [5.41, 5.74) is 2.42. The fraction of sp³-hybridized carbons (Fsp3) is 0.480. The Hall–Kier alpha value is -1.93. The molecule has 0 unspecified atom stereocenters. The molecule has 178 valence electrons. The van der Waals surface area contributed by atoms with E-state index in [1.165, 1.54) is 41.3 Å². The molecule has 0 aromatic heterocycles. The maximum atomic E-state index is 12.9. The molecule has 2 heterocycles. The van der Waals surface area contributed by atoms with Gasteiger partial charge in [0, 0.05) is 37.1 Å². The third-order valence-electron chi connectivity index (χ3n) is 6.69. The number of carbonyl (C=O) groups excluding carboxylic acids is 1. The van der Waals surface area contributed by atoms with E-state index < -0.39 is 10.0 Å². The summed E-state index contributed by atoms with van der Waals surface area (Å²) in [6.07, 6.45) is 4.87. The number of halogens is 1. The van der Waals surface area contributed by atoms with Crippen molar-refractivity contribution in [2.24, 2.45) is 5.92 Å². The maximum absolute atomic E-state index is 12.9. The van der Waals surface area contributed by atoms with Crippen molar-refractivity contribution in [3.8, 4) is 0 Å². The van der Waals surface area contributed by atoms with Crippen LogP contribution < -0.4 is 5.32 Å². The van der Waals surface area contributed by atoms with Gasteiger partial charge in [0.05, 0.1) is 4.90 Å². The molecule has 2 aliphatic rings. The molecule has 0 spiro atoms. The SMILES string of the molecule is O=C(NCc1ccccc1CN1CCCCC1)C1CCN(S(=O)(=O)c2ccc(Cl)cc2)CC1. The average molecular weight is 490 g/mol. The summed E-state index contributed by atoms with van der Waals surface area (Å²) in [5, 5.41) is 3.60. The average Bonchev–Trinajstić information content (AvgIpc) is 2.84. The van der Waals surface area contributed by atoms with E-state index in [1.54, 1.807) is 12.1 Å². The number of hydrogen-bond acceptors (Lipinski definition) is 4. The van der Waals surface area contributed by atoms with Crippen LogP contribution in [-0.2, 0) is 27.9 Å². The molecule has 33 heavy (non-hydrogen) atoms. The molecule has 2 aliphatic heterocycles. The van der Waals surface area contributed by atoms with E-state index in [-0.39, 0.29) is 16.7 Å². The van der Waals surface area contributed by atoms with E-state index in [1.807, 2.05) is 6.07 Å². The third-order valence-corrected chi connectivity index (χ3v) is 8.86. The van der Waals surface area contributed by atoms with Gasteiger partial charge in [-0.1, -0.05) is 42.3 Å². The third kappa shape index (κ3) is 6.15. The van der Waals surface area contributed by atoms with Crippen LogP contribution in [0.3, 0.4) is 0 Å². The van der Waals surface area contributed by atoms with Crippen molar-refractivity contribution in [3.05, 3.63) is 64.7 Å². The minimum atomic E-state index is -3.56. The van der Waals surface area contributed by atoms with E-state index in [9.17, 15) is 13.2 Å². The minimum absolute atomic E-state index is 0.00585. The van der Waals surface area contributed by atoms with Crippen LogP contribution >= 0.6 is 11.6 Å². The Morgan fingerprint density at radius 2 is 1.55 bits per heavy atom. The summed E-state index contributed by atoms with van der Waals surface area (Å²) in [6.45, 7) is 4.39. The Labute approximate surface area is 202 Å². The molecule has 2 aromatic rings. The summed E-state index contributed by atoms with van der Waals surface area (Å²) in [7, 11) is -3.56. The highest BCUT2D eigenvalue weighted by molar-refractivity contribution is 7.89. The standard InChI is InChI=1S/C25H32ClN3O3S/c26-23-8-10-24(11-9-23)33(31,32)29-16-12-20(13-17-29)25(30)27-18-21-6-2-3-7-22(21)19-28-14-4-1-5-15-28/h2-3,6-11,20H,1,4-5,12-19H2,(H,27,30). The number of amides is 1. The van der Waals surface area contributed by atoms with Gasteiger partial charge in [0.2, 0.25) is 15.9 Å². The van der Waals surface area contributed by atoms with Crippen LogP contribution in [0.15, 0.2) is 53.4 Å². The molecule has 0 radical (unpaired) electrons. The van der Waals surface area contributed by atoms with Gasteiger partial charge in [-0.25, -0.2) is 8.42 Å². The summed E-state index contributed by atoms with van der Waals surface area (Å²) in [5.74, 6) is -0.165. The second-order valence-electron chi connectivity index (χ2n) is 8.96. The van der Waals surface area contributed by atoms with Crippen molar-refractivity contribution in [1.82, 2.24) is 14.5 Å². The number of nitrogens with zero attached hydrogens (tertiary/aromatic N) is 2. The molecule has 0 aliphatic carbocycles. The van der Waals surface area contributed by atoms with Crippen LogP contribution in [0.5, 0.6) is 0 Å². The highest BCUT2D eigenvalue weighted by Gasteiger charge is 2.32. The Morgan fingerprint density at radius 3 is 2.21 bits per heavy atom. The highest BCUT2D eigenvalue weighted by Crippen LogP contribution is 2.25. The van der Waals surface area contributed by atoms with Gasteiger partial charge >= 0.3 is 0 Å². The van der Waals surface area contributed by atoms with Crippen LogP contribution in [0, 0.1) is 5.92 Å². The van der Waals surface area contributed by atoms with Gasteiger partial charge in [-0.05, 0) is 74.2 Å². The lowest BCUT2D eigenvalue weighted by Gasteiger charge is -2.30. The van der Waals surface area contributed by atoms with Crippen LogP contribution in [0.4, 0.5) is 0 Å². The molecular weight excluding hydrogens is 458 g/mol. The van der Waals surface area contributed by atoms with E-state index in [0.717, 1.165) is 25.2 Å². The first-order chi connectivity index (χ1) is 15.9. The molecule has 6 nitrogen and oxygen atoms in total. The second kappa shape index (κ2) is 11.0. The van der Waals surface area contributed by atoms with Crippen molar-refractivity contribution >= 4 is 27.5 Å². The number of nitrogens with one attached hydrogen (secondary N) is 1. The molecular formula is C25H32ClN3O3S. The van der Waals surface area contributed by atoms with Crippen molar-refractivity contribution in [1.29, 1.82) is 0 Å². The van der Waals surface area contributed by atoms with Crippen molar-refractivity contribution in [2.75, 3.05) is 26.2 Å². The molecule has 1 N–H and O–H groups in total. The molecule has 2 saturated heterocycles. The van der Waals surface area contributed by atoms with Crippen molar-refractivity contribution in [2.45, 2.75) is 50.1 Å². The largest absolute Gasteiger partial charge is 0.352 e. The Morgan fingerprint density at radius 1 is 0.909 bits per heavy atom. The lowest BCUT2D eigenvalue weighted by atomic mass is 9.97. The molecule has 0 saturated carbocycles. The summed E-state index contributed by atoms with van der Waals surface area (Å²) in [6, 6.07) is 14.5. The maximum Gasteiger partial charge on any atom is 0.243 e. The summed E-state index contributed by atoms with van der Waals surface area (Å²) >= 11 is 5.88. The zero-order chi connectivity index (χ0) is 23.3. The Kier molecular flexibility index (Phi) is 8.07. The normalized spacial score (nSPS) is 18.8. The molecule has 2 fully saturated rings. The number of carbonyl (C=O) groups is 1. The predicted octanol–water partition coefficient (Wildman–Crippen LogP) is 4.04. The van der Waals surface area contributed by atoms with Gasteiger partial charge in [0.1, 0.15) is 0 Å². The van der Waals surface area contributed by atoms with Gasteiger partial charge in [-0.3, -0.25) is 9.69 Å². The van der Waals surface area contributed by atoms with Crippen LogP contribution in [0.2, 0.25) is 5.02 Å². The summed E-state index contributed by atoms with van der Waals surface area (Å²) in [4.78, 5) is 15.6. The molecule has 1 amide bonds. The lowest BCUT2D eigenvalue weighted by molar-refractivity contribution is -0.126. The molecule has 2 aromatic carbocycles. The zero-order valence-electron chi connectivity index (χ0n) is 18.9. The quantitative estimate of drug-likeness (QED) is 0.637. The zero-order valence-corrected chi connectivity index (χ0v) is 20.5. The second-order valence-corrected chi connectivity index (χ2v) is 11.3. The molecule has 0 atom stereocenters. The molecule has 0 bridgehead atoms. The smallest absolute Gasteiger partial charge is 0.243 e. The van der Waals surface area contributed by atoms with Gasteiger partial charge in [0.15, 0.2) is 0 Å². The fourth-order valence-electron chi connectivity index (χ4n) is 4.68. The first-order valence-corrected chi connectivity index (χ1v) is 13.6. The fourth-order valence-corrected chi connectivity index (χ4v) is 6.28. The topological polar surface area (TPSA) is 69.7 Å². The van der Waals surface area contributed by atoms with E-state index in [0.29, 0.717) is 37.5 Å². The number of rotatable bonds is 7. The molecule has 4 rings (SSSR count). The van der Waals surface area contributed by atoms with E-state index in [4.69, 9.17) is 11.6 Å². The van der Waals surface area contributed by atoms with Gasteiger partial charge in [-0.2, -0.15) is 4.31 Å². The van der Waals surface area contributed by atoms with Crippen LogP contribution in [0.25, 0.3) is 0 Å². The number of piperidine rings is 2. The van der Waals surface area contributed by atoms with Gasteiger partial charge < -0.3 is 5.32 Å². The minimum Gasteiger partial charge on any atom is -0.352 e. The van der Waals surface area contributed by atoms with E-state index in [2.05, 4.69) is 28.4 Å². The monoisotopic (exact) mass is 489 g/mol. The first-order valence-electron chi connectivity index (χ1n) is 11.8. The van der Waals surface area contributed by atoms with Crippen LogP contribution in [0.1, 0.15) is 43.2 Å². The van der Waals surface area contributed by atoms with Gasteiger partial charge in [-0.15, -0.1) is 0 Å².